The molecule has 8 nitrogen and oxygen atoms in total. The van der Waals surface area contributed by atoms with Gasteiger partial charge in [0.15, 0.2) is 17.1 Å². The molecule has 0 saturated heterocycles. The van der Waals surface area contributed by atoms with Crippen LogP contribution in [0.25, 0.3) is 5.69 Å². The van der Waals surface area contributed by atoms with Gasteiger partial charge in [-0.15, -0.1) is 5.11 Å². The molecule has 0 amide bonds. The van der Waals surface area contributed by atoms with Crippen LogP contribution in [-0.2, 0) is 0 Å². The summed E-state index contributed by atoms with van der Waals surface area (Å²) in [5.41, 5.74) is 0.258. The maximum absolute atomic E-state index is 12.6. The smallest absolute Gasteiger partial charge is 0.366 e. The lowest BCUT2D eigenvalue weighted by molar-refractivity contribution is 0.426. The lowest BCUT2D eigenvalue weighted by Gasteiger charge is -2.03. The average molecular weight is 340 g/mol. The van der Waals surface area contributed by atoms with E-state index in [0.29, 0.717) is 11.4 Å². The molecule has 2 aromatic heterocycles. The molecule has 0 bridgehead atoms. The van der Waals surface area contributed by atoms with Crippen LogP contribution in [0.5, 0.6) is 5.75 Å². The molecule has 3 rings (SSSR count). The van der Waals surface area contributed by atoms with Crippen LogP contribution in [0, 0.1) is 20.8 Å². The number of azo groups is 1. The van der Waals surface area contributed by atoms with Crippen molar-refractivity contribution in [3.63, 3.8) is 0 Å². The van der Waals surface area contributed by atoms with Crippen molar-refractivity contribution in [3.05, 3.63) is 68.1 Å². The Bertz CT molecular complexity index is 1090. The Labute approximate surface area is 142 Å². The van der Waals surface area contributed by atoms with Crippen LogP contribution in [0.1, 0.15) is 17.0 Å². The molecule has 0 radical (unpaired) electrons. The van der Waals surface area contributed by atoms with Gasteiger partial charge in [-0.1, -0.05) is 18.2 Å². The second-order valence-corrected chi connectivity index (χ2v) is 5.59. The van der Waals surface area contributed by atoms with Crippen molar-refractivity contribution in [1.82, 2.24) is 9.78 Å². The van der Waals surface area contributed by atoms with Crippen LogP contribution >= 0.6 is 0 Å². The highest BCUT2D eigenvalue weighted by molar-refractivity contribution is 5.49. The topological polar surface area (TPSA) is 113 Å². The zero-order valence-corrected chi connectivity index (χ0v) is 13.9. The number of nitrogens with one attached hydrogen (secondary N) is 1. The number of aryl methyl sites for hydroxylation is 3. The minimum absolute atomic E-state index is 0.0441. The van der Waals surface area contributed by atoms with Crippen LogP contribution in [-0.4, -0.2) is 14.9 Å². The maximum atomic E-state index is 12.6. The highest BCUT2D eigenvalue weighted by atomic mass is 16.4. The zero-order valence-electron chi connectivity index (χ0n) is 13.9. The van der Waals surface area contributed by atoms with Crippen molar-refractivity contribution >= 4 is 11.4 Å². The van der Waals surface area contributed by atoms with Gasteiger partial charge in [-0.3, -0.25) is 9.89 Å². The van der Waals surface area contributed by atoms with Crippen LogP contribution in [0.3, 0.4) is 0 Å². The molecule has 2 heterocycles. The molecule has 0 aliphatic carbocycles. The van der Waals surface area contributed by atoms with Crippen molar-refractivity contribution in [2.75, 3.05) is 0 Å². The second-order valence-electron chi connectivity index (χ2n) is 5.59. The number of aromatic hydroxyl groups is 1. The average Bonchev–Trinajstić information content (AvgIpc) is 2.80. The fraction of sp³-hybridized carbons (Fsp3) is 0.176. The van der Waals surface area contributed by atoms with Crippen LogP contribution < -0.4 is 11.2 Å². The van der Waals surface area contributed by atoms with E-state index in [1.54, 1.807) is 13.0 Å². The van der Waals surface area contributed by atoms with Gasteiger partial charge in [-0.2, -0.15) is 5.11 Å². The molecule has 0 aliphatic heterocycles. The third kappa shape index (κ3) is 3.01. The van der Waals surface area contributed by atoms with Gasteiger partial charge in [0, 0.05) is 6.07 Å². The number of benzene rings is 1. The first kappa shape index (κ1) is 16.4. The monoisotopic (exact) mass is 340 g/mol. The van der Waals surface area contributed by atoms with E-state index in [2.05, 4.69) is 15.3 Å². The summed E-state index contributed by atoms with van der Waals surface area (Å²) in [5.74, 6) is -0.124. The Balaban J connectivity index is 2.11. The van der Waals surface area contributed by atoms with Gasteiger partial charge in [0.25, 0.3) is 5.56 Å². The van der Waals surface area contributed by atoms with E-state index in [1.807, 2.05) is 25.1 Å². The Hall–Kier alpha value is -3.42. The molecule has 0 unspecified atom stereocenters. The van der Waals surface area contributed by atoms with E-state index < -0.39 is 11.2 Å². The molecule has 8 heteroatoms. The quantitative estimate of drug-likeness (QED) is 0.713. The Morgan fingerprint density at radius 2 is 1.84 bits per heavy atom. The van der Waals surface area contributed by atoms with Crippen molar-refractivity contribution in [2.45, 2.75) is 20.8 Å². The normalized spacial score (nSPS) is 11.3. The Morgan fingerprint density at radius 1 is 1.12 bits per heavy atom. The van der Waals surface area contributed by atoms with E-state index in [1.165, 1.54) is 13.0 Å². The maximum Gasteiger partial charge on any atom is 0.366 e. The number of H-pyrrole nitrogens is 1. The molecular formula is C17H16N4O4. The highest BCUT2D eigenvalue weighted by Gasteiger charge is 2.19. The first-order valence-electron chi connectivity index (χ1n) is 7.51. The first-order chi connectivity index (χ1) is 11.9. The van der Waals surface area contributed by atoms with E-state index >= 15 is 0 Å². The van der Waals surface area contributed by atoms with E-state index in [0.717, 1.165) is 10.2 Å². The number of hydrogen-bond acceptors (Lipinski definition) is 6. The summed E-state index contributed by atoms with van der Waals surface area (Å²) >= 11 is 0. The Morgan fingerprint density at radius 3 is 2.52 bits per heavy atom. The summed E-state index contributed by atoms with van der Waals surface area (Å²) in [6.45, 7) is 5.03. The molecule has 1 aromatic carbocycles. The molecular weight excluding hydrogens is 324 g/mol. The van der Waals surface area contributed by atoms with Crippen molar-refractivity contribution in [1.29, 1.82) is 0 Å². The minimum atomic E-state index is -0.830. The third-order valence-corrected chi connectivity index (χ3v) is 3.67. The SMILES string of the molecule is Cc1cc(O)c(-n2[nH]c(C)c(N=Nc3ccccc3C)c2=O)c(=O)o1. The molecule has 0 atom stereocenters. The second kappa shape index (κ2) is 6.23. The number of aromatic nitrogens is 2. The van der Waals surface area contributed by atoms with Gasteiger partial charge in [-0.25, -0.2) is 9.48 Å². The zero-order chi connectivity index (χ0) is 18.1. The summed E-state index contributed by atoms with van der Waals surface area (Å²) in [5, 5.41) is 20.8. The summed E-state index contributed by atoms with van der Waals surface area (Å²) in [7, 11) is 0. The number of hydrogen-bond donors (Lipinski definition) is 2. The first-order valence-corrected chi connectivity index (χ1v) is 7.51. The van der Waals surface area contributed by atoms with Crippen LogP contribution in [0.4, 0.5) is 11.4 Å². The minimum Gasteiger partial charge on any atom is -0.505 e. The van der Waals surface area contributed by atoms with Crippen molar-refractivity contribution in [3.8, 4) is 11.4 Å². The lowest BCUT2D eigenvalue weighted by Crippen LogP contribution is -2.21. The highest BCUT2D eigenvalue weighted by Crippen LogP contribution is 2.23. The number of nitrogens with zero attached hydrogens (tertiary/aromatic N) is 3. The predicted molar refractivity (Wildman–Crippen MR) is 91.4 cm³/mol. The summed E-state index contributed by atoms with van der Waals surface area (Å²) in [6.07, 6.45) is 0. The van der Waals surface area contributed by atoms with Gasteiger partial charge in [0.2, 0.25) is 0 Å². The molecule has 25 heavy (non-hydrogen) atoms. The van der Waals surface area contributed by atoms with Crippen LogP contribution in [0.2, 0.25) is 0 Å². The summed E-state index contributed by atoms with van der Waals surface area (Å²) in [4.78, 5) is 24.6. The Kier molecular flexibility index (Phi) is 4.10. The molecule has 2 N–H and O–H groups in total. The standard InChI is InChI=1S/C17H16N4O4/c1-9-6-4-5-7-12(9)18-19-14-11(3)20-21(16(14)23)15-13(22)8-10(2)25-17(15)24/h4-8,20,22H,1-3H3. The van der Waals surface area contributed by atoms with Gasteiger partial charge in [-0.05, 0) is 32.4 Å². The largest absolute Gasteiger partial charge is 0.505 e. The lowest BCUT2D eigenvalue weighted by atomic mass is 10.2. The predicted octanol–water partition coefficient (Wildman–Crippen LogP) is 3.17. The van der Waals surface area contributed by atoms with Crippen molar-refractivity contribution < 1.29 is 9.52 Å². The fourth-order valence-electron chi connectivity index (χ4n) is 2.39. The molecule has 128 valence electrons. The number of rotatable bonds is 3. The molecule has 0 aliphatic rings. The van der Waals surface area contributed by atoms with Crippen LogP contribution in [0.15, 0.2) is 54.6 Å². The molecule has 0 saturated carbocycles. The van der Waals surface area contributed by atoms with Gasteiger partial charge in [0.05, 0.1) is 11.4 Å². The van der Waals surface area contributed by atoms with Gasteiger partial charge in [0.1, 0.15) is 5.76 Å². The molecule has 0 spiro atoms. The van der Waals surface area contributed by atoms with Gasteiger partial charge >= 0.3 is 5.63 Å². The van der Waals surface area contributed by atoms with E-state index in [-0.39, 0.29) is 22.9 Å². The summed E-state index contributed by atoms with van der Waals surface area (Å²) < 4.78 is 5.85. The van der Waals surface area contributed by atoms with Gasteiger partial charge < -0.3 is 9.52 Å². The van der Waals surface area contributed by atoms with Crippen molar-refractivity contribution in [2.24, 2.45) is 10.2 Å². The van der Waals surface area contributed by atoms with E-state index in [4.69, 9.17) is 4.42 Å². The van der Waals surface area contributed by atoms with E-state index in [9.17, 15) is 14.7 Å². The molecule has 0 fully saturated rings. The third-order valence-electron chi connectivity index (χ3n) is 3.67. The summed E-state index contributed by atoms with van der Waals surface area (Å²) in [6, 6.07) is 8.61. The number of aromatic amines is 1. The fourth-order valence-corrected chi connectivity index (χ4v) is 2.39. The molecule has 3 aromatic rings.